The van der Waals surface area contributed by atoms with Gasteiger partial charge < -0.3 is 0 Å². The Balaban J connectivity index is 2.17. The Morgan fingerprint density at radius 3 is 2.39 bits per heavy atom. The molecule has 2 unspecified atom stereocenters. The zero-order chi connectivity index (χ0) is 13.0. The average molecular weight is 304 g/mol. The highest BCUT2D eigenvalue weighted by atomic mass is 79.9. The van der Waals surface area contributed by atoms with Gasteiger partial charge in [-0.3, -0.25) is 4.98 Å². The summed E-state index contributed by atoms with van der Waals surface area (Å²) in [5.41, 5.74) is 3.81. The van der Waals surface area contributed by atoms with Gasteiger partial charge in [-0.25, -0.2) is 0 Å². The van der Waals surface area contributed by atoms with E-state index in [0.29, 0.717) is 10.7 Å². The number of benzene rings is 1. The van der Waals surface area contributed by atoms with Crippen molar-refractivity contribution in [3.63, 3.8) is 0 Å². The summed E-state index contributed by atoms with van der Waals surface area (Å²) < 4.78 is 0. The topological polar surface area (TPSA) is 12.9 Å². The molecule has 2 rings (SSSR count). The van der Waals surface area contributed by atoms with E-state index in [1.807, 2.05) is 18.3 Å². The molecule has 0 saturated heterocycles. The molecular formula is C16H18BrN. The minimum atomic E-state index is 0.304. The van der Waals surface area contributed by atoms with E-state index < -0.39 is 0 Å². The van der Waals surface area contributed by atoms with Gasteiger partial charge in [-0.15, -0.1) is 0 Å². The van der Waals surface area contributed by atoms with Crippen molar-refractivity contribution in [3.05, 3.63) is 65.5 Å². The van der Waals surface area contributed by atoms with Crippen molar-refractivity contribution in [2.24, 2.45) is 0 Å². The van der Waals surface area contributed by atoms with Crippen molar-refractivity contribution in [2.75, 3.05) is 0 Å². The lowest BCUT2D eigenvalue weighted by atomic mass is 9.96. The molecule has 0 amide bonds. The van der Waals surface area contributed by atoms with Gasteiger partial charge in [0, 0.05) is 22.6 Å². The second kappa shape index (κ2) is 6.14. The van der Waals surface area contributed by atoms with Gasteiger partial charge in [-0.1, -0.05) is 60.1 Å². The van der Waals surface area contributed by atoms with Crippen LogP contribution in [0.15, 0.2) is 48.7 Å². The first kappa shape index (κ1) is 13.3. The molecule has 2 atom stereocenters. The van der Waals surface area contributed by atoms with Gasteiger partial charge in [-0.05, 0) is 29.7 Å². The van der Waals surface area contributed by atoms with E-state index >= 15 is 0 Å². The van der Waals surface area contributed by atoms with Crippen LogP contribution >= 0.6 is 15.9 Å². The molecule has 2 heteroatoms. The molecule has 0 aliphatic rings. The number of hydrogen-bond donors (Lipinski definition) is 0. The summed E-state index contributed by atoms with van der Waals surface area (Å²) in [6.45, 7) is 4.38. The minimum Gasteiger partial charge on any atom is -0.261 e. The lowest BCUT2D eigenvalue weighted by molar-refractivity contribution is 0.724. The lowest BCUT2D eigenvalue weighted by Crippen LogP contribution is -2.04. The zero-order valence-electron chi connectivity index (χ0n) is 10.8. The van der Waals surface area contributed by atoms with Crippen molar-refractivity contribution in [3.8, 4) is 0 Å². The van der Waals surface area contributed by atoms with Crippen LogP contribution in [0.5, 0.6) is 0 Å². The molecule has 94 valence electrons. The van der Waals surface area contributed by atoms with Crippen molar-refractivity contribution in [2.45, 2.75) is 31.0 Å². The summed E-state index contributed by atoms with van der Waals surface area (Å²) in [4.78, 5) is 4.73. The monoisotopic (exact) mass is 303 g/mol. The maximum atomic E-state index is 4.43. The van der Waals surface area contributed by atoms with Crippen molar-refractivity contribution < 1.29 is 0 Å². The molecule has 0 radical (unpaired) electrons. The first-order valence-electron chi connectivity index (χ1n) is 6.36. The predicted molar refractivity (Wildman–Crippen MR) is 80.1 cm³/mol. The Morgan fingerprint density at radius 2 is 1.83 bits per heavy atom. The van der Waals surface area contributed by atoms with Gasteiger partial charge in [0.25, 0.3) is 0 Å². The average Bonchev–Trinajstić information content (AvgIpc) is 2.47. The van der Waals surface area contributed by atoms with Crippen LogP contribution in [0.25, 0.3) is 0 Å². The fourth-order valence-electron chi connectivity index (χ4n) is 2.02. The van der Waals surface area contributed by atoms with E-state index in [-0.39, 0.29) is 0 Å². The number of aromatic nitrogens is 1. The third-order valence-corrected chi connectivity index (χ3v) is 4.62. The normalized spacial score (nSPS) is 14.2. The fraction of sp³-hybridized carbons (Fsp3) is 0.312. The number of halogens is 1. The maximum absolute atomic E-state index is 4.43. The largest absolute Gasteiger partial charge is 0.261 e. The van der Waals surface area contributed by atoms with Crippen LogP contribution in [0.4, 0.5) is 0 Å². The standard InChI is InChI=1S/C16H18BrN/c1-3-13-7-9-14(10-8-13)16(17)12(2)15-6-4-5-11-18-15/h4-12,16H,3H2,1-2H3. The second-order valence-electron chi connectivity index (χ2n) is 4.54. The number of nitrogens with zero attached hydrogens (tertiary/aromatic N) is 1. The molecular weight excluding hydrogens is 286 g/mol. The summed E-state index contributed by atoms with van der Waals surface area (Å²) in [6.07, 6.45) is 2.94. The fourth-order valence-corrected chi connectivity index (χ4v) is 2.60. The molecule has 18 heavy (non-hydrogen) atoms. The van der Waals surface area contributed by atoms with E-state index in [2.05, 4.69) is 65.1 Å². The Kier molecular flexibility index (Phi) is 4.54. The summed E-state index contributed by atoms with van der Waals surface area (Å²) in [7, 11) is 0. The van der Waals surface area contributed by atoms with Crippen LogP contribution in [-0.2, 0) is 6.42 Å². The van der Waals surface area contributed by atoms with Gasteiger partial charge in [0.05, 0.1) is 0 Å². The first-order valence-corrected chi connectivity index (χ1v) is 7.27. The quantitative estimate of drug-likeness (QED) is 0.733. The van der Waals surface area contributed by atoms with Gasteiger partial charge in [-0.2, -0.15) is 0 Å². The van der Waals surface area contributed by atoms with Gasteiger partial charge in [0.15, 0.2) is 0 Å². The van der Waals surface area contributed by atoms with Crippen molar-refractivity contribution >= 4 is 15.9 Å². The summed E-state index contributed by atoms with van der Waals surface area (Å²) in [5, 5.41) is 0. The van der Waals surface area contributed by atoms with Crippen LogP contribution in [-0.4, -0.2) is 4.98 Å². The second-order valence-corrected chi connectivity index (χ2v) is 5.53. The summed E-state index contributed by atoms with van der Waals surface area (Å²) in [5.74, 6) is 0.360. The minimum absolute atomic E-state index is 0.304. The highest BCUT2D eigenvalue weighted by Gasteiger charge is 2.18. The molecule has 0 N–H and O–H groups in total. The molecule has 0 aliphatic heterocycles. The smallest absolute Gasteiger partial charge is 0.0476 e. The summed E-state index contributed by atoms with van der Waals surface area (Å²) >= 11 is 3.79. The first-order chi connectivity index (χ1) is 8.72. The van der Waals surface area contributed by atoms with E-state index in [1.54, 1.807) is 0 Å². The molecule has 0 aliphatic carbocycles. The predicted octanol–water partition coefficient (Wildman–Crippen LogP) is 4.88. The molecule has 0 fully saturated rings. The number of pyridine rings is 1. The zero-order valence-corrected chi connectivity index (χ0v) is 12.4. The van der Waals surface area contributed by atoms with Crippen LogP contribution in [0.1, 0.15) is 41.4 Å². The van der Waals surface area contributed by atoms with E-state index in [9.17, 15) is 0 Å². The molecule has 1 aromatic carbocycles. The van der Waals surface area contributed by atoms with Crippen molar-refractivity contribution in [1.29, 1.82) is 0 Å². The Bertz CT molecular complexity index is 478. The molecule has 0 saturated carbocycles. The molecule has 0 bridgehead atoms. The number of hydrogen-bond acceptors (Lipinski definition) is 1. The molecule has 1 aromatic heterocycles. The molecule has 2 aromatic rings. The third-order valence-electron chi connectivity index (χ3n) is 3.30. The molecule has 0 spiro atoms. The Morgan fingerprint density at radius 1 is 1.11 bits per heavy atom. The highest BCUT2D eigenvalue weighted by Crippen LogP contribution is 2.36. The van der Waals surface area contributed by atoms with Crippen LogP contribution in [0, 0.1) is 0 Å². The van der Waals surface area contributed by atoms with Crippen molar-refractivity contribution in [1.82, 2.24) is 4.98 Å². The molecule has 1 heterocycles. The van der Waals surface area contributed by atoms with E-state index in [4.69, 9.17) is 0 Å². The van der Waals surface area contributed by atoms with Gasteiger partial charge >= 0.3 is 0 Å². The van der Waals surface area contributed by atoms with Crippen LogP contribution in [0.2, 0.25) is 0 Å². The third kappa shape index (κ3) is 2.99. The maximum Gasteiger partial charge on any atom is 0.0476 e. The summed E-state index contributed by atoms with van der Waals surface area (Å²) in [6, 6.07) is 14.9. The SMILES string of the molecule is CCc1ccc(C(Br)C(C)c2ccccn2)cc1. The lowest BCUT2D eigenvalue weighted by Gasteiger charge is -2.18. The Labute approximate surface area is 117 Å². The molecule has 1 nitrogen and oxygen atoms in total. The van der Waals surface area contributed by atoms with Gasteiger partial charge in [0.2, 0.25) is 0 Å². The van der Waals surface area contributed by atoms with Gasteiger partial charge in [0.1, 0.15) is 0 Å². The van der Waals surface area contributed by atoms with E-state index in [0.717, 1.165) is 12.1 Å². The highest BCUT2D eigenvalue weighted by molar-refractivity contribution is 9.09. The number of rotatable bonds is 4. The van der Waals surface area contributed by atoms with Crippen LogP contribution < -0.4 is 0 Å². The van der Waals surface area contributed by atoms with Crippen LogP contribution in [0.3, 0.4) is 0 Å². The number of alkyl halides is 1. The number of aryl methyl sites for hydroxylation is 1. The Hall–Kier alpha value is -1.15. The van der Waals surface area contributed by atoms with E-state index in [1.165, 1.54) is 11.1 Å².